The van der Waals surface area contributed by atoms with Crippen LogP contribution in [0.2, 0.25) is 0 Å². The fourth-order valence-electron chi connectivity index (χ4n) is 7.06. The highest BCUT2D eigenvalue weighted by Gasteiger charge is 2.57. The van der Waals surface area contributed by atoms with Crippen LogP contribution in [0, 0.1) is 22.7 Å². The summed E-state index contributed by atoms with van der Waals surface area (Å²) in [6, 6.07) is 0. The maximum atomic E-state index is 10.2. The molecule has 0 spiro atoms. The molecule has 3 fully saturated rings. The van der Waals surface area contributed by atoms with E-state index in [-0.39, 0.29) is 6.84 Å². The van der Waals surface area contributed by atoms with Crippen LogP contribution >= 0.6 is 0 Å². The lowest BCUT2D eigenvalue weighted by Gasteiger charge is -2.51. The van der Waals surface area contributed by atoms with Crippen LogP contribution in [0.4, 0.5) is 0 Å². The van der Waals surface area contributed by atoms with Crippen LogP contribution in [-0.4, -0.2) is 33.1 Å². The fourth-order valence-corrected chi connectivity index (χ4v) is 7.06. The second-order valence-electron chi connectivity index (χ2n) is 11.9. The van der Waals surface area contributed by atoms with E-state index >= 15 is 0 Å². The lowest BCUT2D eigenvalue weighted by molar-refractivity contribution is 0.0299. The van der Waals surface area contributed by atoms with Crippen LogP contribution < -0.4 is 0 Å². The second-order valence-corrected chi connectivity index (χ2v) is 11.9. The van der Waals surface area contributed by atoms with Crippen LogP contribution in [-0.2, 0) is 0 Å². The SMILES string of the molecule is C=C1/C(=C\C=C2/CCC[C@]3(C)C([C@H](C)CCCC(C)(C)O)CC[C@@]23C)C[C@@H](O)C[C@@H]1O.[HH]. The van der Waals surface area contributed by atoms with Crippen molar-refractivity contribution in [1.82, 2.24) is 0 Å². The van der Waals surface area contributed by atoms with Gasteiger partial charge in [-0.2, -0.15) is 0 Å². The molecule has 0 heterocycles. The van der Waals surface area contributed by atoms with Crippen LogP contribution in [0.15, 0.2) is 35.5 Å². The zero-order valence-electron chi connectivity index (χ0n) is 20.6. The minimum Gasteiger partial charge on any atom is -0.393 e. The van der Waals surface area contributed by atoms with Crippen molar-refractivity contribution in [3.63, 3.8) is 0 Å². The predicted molar refractivity (Wildman–Crippen MR) is 131 cm³/mol. The van der Waals surface area contributed by atoms with Crippen molar-refractivity contribution in [3.8, 4) is 0 Å². The van der Waals surface area contributed by atoms with Crippen molar-refractivity contribution in [2.45, 2.75) is 117 Å². The molecule has 3 nitrogen and oxygen atoms in total. The molecule has 0 saturated heterocycles. The van der Waals surface area contributed by atoms with Gasteiger partial charge in [0.1, 0.15) is 0 Å². The molecule has 3 rings (SSSR count). The predicted octanol–water partition coefficient (Wildman–Crippen LogP) is 6.34. The van der Waals surface area contributed by atoms with Crippen LogP contribution in [0.25, 0.3) is 0 Å². The molecule has 0 aromatic carbocycles. The van der Waals surface area contributed by atoms with Crippen molar-refractivity contribution >= 4 is 0 Å². The molecule has 3 aliphatic rings. The van der Waals surface area contributed by atoms with E-state index in [1.165, 1.54) is 32.1 Å². The second kappa shape index (κ2) is 9.15. The minimum atomic E-state index is -0.624. The Kier molecular flexibility index (Phi) is 7.30. The summed E-state index contributed by atoms with van der Waals surface area (Å²) in [6.07, 6.45) is 13.7. The first-order chi connectivity index (χ1) is 14.4. The molecule has 3 saturated carbocycles. The van der Waals surface area contributed by atoms with E-state index < -0.39 is 17.8 Å². The third kappa shape index (κ3) is 5.04. The molecular formula is C28H48O3. The van der Waals surface area contributed by atoms with E-state index in [2.05, 4.69) is 39.5 Å². The highest BCUT2D eigenvalue weighted by molar-refractivity contribution is 5.39. The Hall–Kier alpha value is -0.900. The maximum absolute atomic E-state index is 10.2. The normalized spacial score (nSPS) is 40.4. The zero-order valence-corrected chi connectivity index (χ0v) is 20.6. The fraction of sp³-hybridized carbons (Fsp3) is 0.786. The molecule has 178 valence electrons. The maximum Gasteiger partial charge on any atom is 0.0811 e. The quantitative estimate of drug-likeness (QED) is 0.459. The van der Waals surface area contributed by atoms with Gasteiger partial charge in [0.25, 0.3) is 0 Å². The van der Waals surface area contributed by atoms with E-state index in [0.717, 1.165) is 36.3 Å². The molecule has 0 aliphatic heterocycles. The number of aliphatic hydroxyl groups is 3. The van der Waals surface area contributed by atoms with Crippen molar-refractivity contribution < 1.29 is 16.7 Å². The van der Waals surface area contributed by atoms with Crippen LogP contribution in [0.5, 0.6) is 0 Å². The topological polar surface area (TPSA) is 60.7 Å². The largest absolute Gasteiger partial charge is 0.393 e. The lowest BCUT2D eigenvalue weighted by Crippen LogP contribution is -2.43. The van der Waals surface area contributed by atoms with Crippen LogP contribution in [0.3, 0.4) is 0 Å². The Morgan fingerprint density at radius 2 is 1.94 bits per heavy atom. The molecule has 6 atom stereocenters. The molecule has 31 heavy (non-hydrogen) atoms. The van der Waals surface area contributed by atoms with Gasteiger partial charge in [0.05, 0.1) is 17.8 Å². The lowest BCUT2D eigenvalue weighted by atomic mass is 9.53. The van der Waals surface area contributed by atoms with E-state index in [1.807, 2.05) is 13.8 Å². The van der Waals surface area contributed by atoms with Gasteiger partial charge in [0.2, 0.25) is 0 Å². The smallest absolute Gasteiger partial charge is 0.0811 e. The Balaban J connectivity index is 0.00000363. The van der Waals surface area contributed by atoms with Gasteiger partial charge in [-0.3, -0.25) is 0 Å². The highest BCUT2D eigenvalue weighted by Crippen LogP contribution is 2.67. The van der Waals surface area contributed by atoms with E-state index in [9.17, 15) is 15.3 Å². The number of hydrogen-bond donors (Lipinski definition) is 3. The Morgan fingerprint density at radius 3 is 2.61 bits per heavy atom. The zero-order chi connectivity index (χ0) is 23.0. The van der Waals surface area contributed by atoms with Gasteiger partial charge < -0.3 is 15.3 Å². The Morgan fingerprint density at radius 1 is 1.23 bits per heavy atom. The van der Waals surface area contributed by atoms with Crippen LogP contribution in [0.1, 0.15) is 100 Å². The van der Waals surface area contributed by atoms with Gasteiger partial charge in [-0.15, -0.1) is 0 Å². The standard InChI is InChI=1S/C28H46O3.H2/c1-19(9-7-14-26(3,4)31)24-13-16-27(5)22(10-8-15-28(24,27)6)12-11-21-17-23(29)18-25(30)20(21)2;/h11-12,19,23-25,29-31H,2,7-10,13-18H2,1,3-6H3;1H/b21-11-,22-12+;/t19-,23-,24?,25+,27+,28-;/m1./s1. The van der Waals surface area contributed by atoms with Gasteiger partial charge in [-0.25, -0.2) is 0 Å². The van der Waals surface area contributed by atoms with Crippen molar-refractivity contribution in [1.29, 1.82) is 0 Å². The molecule has 0 aromatic rings. The van der Waals surface area contributed by atoms with E-state index in [1.54, 1.807) is 5.57 Å². The van der Waals surface area contributed by atoms with Gasteiger partial charge in [-0.05, 0) is 92.6 Å². The van der Waals surface area contributed by atoms with Gasteiger partial charge in [-0.1, -0.05) is 57.9 Å². The number of hydrogen-bond acceptors (Lipinski definition) is 3. The molecule has 3 aliphatic carbocycles. The molecule has 1 unspecified atom stereocenters. The minimum absolute atomic E-state index is 0. The summed E-state index contributed by atoms with van der Waals surface area (Å²) >= 11 is 0. The first-order valence-electron chi connectivity index (χ1n) is 12.6. The van der Waals surface area contributed by atoms with Gasteiger partial charge in [0, 0.05) is 7.85 Å². The van der Waals surface area contributed by atoms with Crippen molar-refractivity contribution in [2.24, 2.45) is 22.7 Å². The van der Waals surface area contributed by atoms with Gasteiger partial charge in [0.15, 0.2) is 0 Å². The Labute approximate surface area is 191 Å². The summed E-state index contributed by atoms with van der Waals surface area (Å²) in [5.41, 5.74) is 3.28. The average molecular weight is 433 g/mol. The van der Waals surface area contributed by atoms with Crippen molar-refractivity contribution in [2.75, 3.05) is 0 Å². The first kappa shape index (κ1) is 24.7. The Bertz CT molecular complexity index is 733. The molecule has 0 amide bonds. The summed E-state index contributed by atoms with van der Waals surface area (Å²) < 4.78 is 0. The molecule has 3 N–H and O–H groups in total. The van der Waals surface area contributed by atoms with Crippen molar-refractivity contribution in [3.05, 3.63) is 35.5 Å². The number of aliphatic hydroxyl groups excluding tert-OH is 2. The highest BCUT2D eigenvalue weighted by atomic mass is 16.3. The third-order valence-electron chi connectivity index (χ3n) is 9.27. The third-order valence-corrected chi connectivity index (χ3v) is 9.27. The average Bonchev–Trinajstić information content (AvgIpc) is 2.94. The molecule has 0 radical (unpaired) electrons. The van der Waals surface area contributed by atoms with E-state index in [0.29, 0.717) is 24.2 Å². The monoisotopic (exact) mass is 432 g/mol. The molecule has 0 aromatic heterocycles. The summed E-state index contributed by atoms with van der Waals surface area (Å²) in [5.74, 6) is 1.40. The molecular weight excluding hydrogens is 384 g/mol. The van der Waals surface area contributed by atoms with E-state index in [4.69, 9.17) is 0 Å². The van der Waals surface area contributed by atoms with Gasteiger partial charge >= 0.3 is 0 Å². The summed E-state index contributed by atoms with van der Waals surface area (Å²) in [5, 5.41) is 30.3. The first-order valence-corrected chi connectivity index (χ1v) is 12.6. The number of allylic oxidation sites excluding steroid dienone is 3. The number of rotatable bonds is 6. The summed E-state index contributed by atoms with van der Waals surface area (Å²) in [6.45, 7) is 15.4. The number of fused-ring (bicyclic) bond motifs is 1. The summed E-state index contributed by atoms with van der Waals surface area (Å²) in [7, 11) is 0. The molecule has 3 heteroatoms. The molecule has 0 bridgehead atoms. The summed E-state index contributed by atoms with van der Waals surface area (Å²) in [4.78, 5) is 0.